The lowest BCUT2D eigenvalue weighted by atomic mass is 9.81. The summed E-state index contributed by atoms with van der Waals surface area (Å²) in [6, 6.07) is 6.49. The van der Waals surface area contributed by atoms with E-state index < -0.39 is 5.97 Å². The zero-order chi connectivity index (χ0) is 15.5. The maximum atomic E-state index is 11.3. The Morgan fingerprint density at radius 1 is 1.23 bits per heavy atom. The third-order valence-electron chi connectivity index (χ3n) is 5.32. The fraction of sp³-hybridized carbons (Fsp3) is 0.632. The van der Waals surface area contributed by atoms with Gasteiger partial charge in [-0.15, -0.1) is 0 Å². The van der Waals surface area contributed by atoms with Crippen molar-refractivity contribution in [1.82, 2.24) is 0 Å². The van der Waals surface area contributed by atoms with Crippen LogP contribution in [0.25, 0.3) is 0 Å². The fourth-order valence-electron chi connectivity index (χ4n) is 3.95. The molecule has 2 aliphatic carbocycles. The number of rotatable bonds is 6. The Bertz CT molecular complexity index is 527. The van der Waals surface area contributed by atoms with Crippen molar-refractivity contribution in [1.29, 1.82) is 0 Å². The maximum absolute atomic E-state index is 11.3. The van der Waals surface area contributed by atoms with Crippen LogP contribution in [0.3, 0.4) is 0 Å². The molecular weight excluding hydrogens is 276 g/mol. The number of carbonyl (C=O) groups is 1. The van der Waals surface area contributed by atoms with Crippen LogP contribution < -0.4 is 4.74 Å². The first-order valence-electron chi connectivity index (χ1n) is 8.58. The predicted molar refractivity (Wildman–Crippen MR) is 86.5 cm³/mol. The van der Waals surface area contributed by atoms with Gasteiger partial charge in [0.2, 0.25) is 0 Å². The number of carboxylic acid groups (broad SMARTS) is 1. The van der Waals surface area contributed by atoms with Crippen molar-refractivity contribution in [2.45, 2.75) is 63.2 Å². The second-order valence-corrected chi connectivity index (χ2v) is 6.88. The molecule has 120 valence electrons. The molecule has 0 aliphatic heterocycles. The minimum absolute atomic E-state index is 0.107. The monoisotopic (exact) mass is 302 g/mol. The summed E-state index contributed by atoms with van der Waals surface area (Å²) in [6.45, 7) is 0. The number of ether oxygens (including phenoxy) is 1. The first-order chi connectivity index (χ1) is 10.7. The summed E-state index contributed by atoms with van der Waals surface area (Å²) in [5.74, 6) is 1.42. The van der Waals surface area contributed by atoms with Gasteiger partial charge in [-0.2, -0.15) is 0 Å². The summed E-state index contributed by atoms with van der Waals surface area (Å²) in [5.41, 5.74) is 2.50. The topological polar surface area (TPSA) is 46.5 Å². The van der Waals surface area contributed by atoms with Crippen molar-refractivity contribution in [3.05, 3.63) is 29.3 Å². The van der Waals surface area contributed by atoms with Gasteiger partial charge in [0.25, 0.3) is 0 Å². The Morgan fingerprint density at radius 3 is 2.55 bits per heavy atom. The van der Waals surface area contributed by atoms with E-state index in [4.69, 9.17) is 4.74 Å². The molecule has 0 amide bonds. The second-order valence-electron chi connectivity index (χ2n) is 6.88. The molecule has 0 spiro atoms. The van der Waals surface area contributed by atoms with Crippen molar-refractivity contribution >= 4 is 5.97 Å². The molecule has 0 bridgehead atoms. The Hall–Kier alpha value is -1.51. The molecule has 0 aromatic heterocycles. The summed E-state index contributed by atoms with van der Waals surface area (Å²) < 4.78 is 5.54. The van der Waals surface area contributed by atoms with E-state index in [0.717, 1.165) is 24.2 Å². The molecule has 0 radical (unpaired) electrons. The number of methoxy groups -OCH3 is 1. The van der Waals surface area contributed by atoms with Crippen LogP contribution in [0, 0.1) is 5.92 Å². The van der Waals surface area contributed by atoms with Crippen LogP contribution in [0.5, 0.6) is 5.75 Å². The van der Waals surface area contributed by atoms with Crippen LogP contribution in [0.1, 0.15) is 74.3 Å². The quantitative estimate of drug-likeness (QED) is 0.827. The molecule has 3 nitrogen and oxygen atoms in total. The van der Waals surface area contributed by atoms with Crippen molar-refractivity contribution in [2.75, 3.05) is 7.11 Å². The van der Waals surface area contributed by atoms with Gasteiger partial charge in [-0.05, 0) is 54.7 Å². The smallest absolute Gasteiger partial charge is 0.303 e. The van der Waals surface area contributed by atoms with Crippen LogP contribution in [0.4, 0.5) is 0 Å². The standard InChI is InChI=1S/C19H26O3/c1-22-18-10-9-15(13-5-3-2-4-6-13)11-17(18)16(12-19(20)21)14-7-8-14/h9-11,13-14,16H,2-8,12H2,1H3,(H,20,21). The molecular formula is C19H26O3. The van der Waals surface area contributed by atoms with Gasteiger partial charge in [0.15, 0.2) is 0 Å². The van der Waals surface area contributed by atoms with E-state index in [0.29, 0.717) is 11.8 Å². The van der Waals surface area contributed by atoms with E-state index in [1.807, 2.05) is 0 Å². The summed E-state index contributed by atoms with van der Waals surface area (Å²) >= 11 is 0. The first kappa shape index (κ1) is 15.4. The van der Waals surface area contributed by atoms with Crippen molar-refractivity contribution < 1.29 is 14.6 Å². The van der Waals surface area contributed by atoms with Crippen LogP contribution in [-0.4, -0.2) is 18.2 Å². The summed E-state index contributed by atoms with van der Waals surface area (Å²) in [6.07, 6.45) is 9.01. The summed E-state index contributed by atoms with van der Waals surface area (Å²) in [7, 11) is 1.68. The van der Waals surface area contributed by atoms with E-state index >= 15 is 0 Å². The molecule has 2 saturated carbocycles. The second kappa shape index (κ2) is 6.72. The average molecular weight is 302 g/mol. The van der Waals surface area contributed by atoms with Gasteiger partial charge in [0.1, 0.15) is 5.75 Å². The lowest BCUT2D eigenvalue weighted by Gasteiger charge is -2.25. The Balaban J connectivity index is 1.90. The minimum atomic E-state index is -0.706. The molecule has 0 heterocycles. The first-order valence-corrected chi connectivity index (χ1v) is 8.58. The molecule has 1 aromatic rings. The lowest BCUT2D eigenvalue weighted by molar-refractivity contribution is -0.137. The Kier molecular flexibility index (Phi) is 4.70. The Labute approximate surface area is 132 Å². The molecule has 1 aromatic carbocycles. The lowest BCUT2D eigenvalue weighted by Crippen LogP contribution is -2.11. The highest BCUT2D eigenvalue weighted by molar-refractivity contribution is 5.68. The highest BCUT2D eigenvalue weighted by Crippen LogP contribution is 2.48. The van der Waals surface area contributed by atoms with Gasteiger partial charge in [-0.1, -0.05) is 31.4 Å². The van der Waals surface area contributed by atoms with E-state index in [2.05, 4.69) is 18.2 Å². The molecule has 2 fully saturated rings. The number of hydrogen-bond donors (Lipinski definition) is 1. The Morgan fingerprint density at radius 2 is 1.95 bits per heavy atom. The highest BCUT2D eigenvalue weighted by Gasteiger charge is 2.35. The molecule has 2 aliphatic rings. The molecule has 3 heteroatoms. The molecule has 1 N–H and O–H groups in total. The normalized spacial score (nSPS) is 20.6. The predicted octanol–water partition coefficient (Wildman–Crippen LogP) is 4.71. The average Bonchev–Trinajstić information content (AvgIpc) is 3.37. The number of carboxylic acids is 1. The molecule has 1 unspecified atom stereocenters. The van der Waals surface area contributed by atoms with Gasteiger partial charge >= 0.3 is 5.97 Å². The van der Waals surface area contributed by atoms with E-state index in [1.54, 1.807) is 7.11 Å². The fourth-order valence-corrected chi connectivity index (χ4v) is 3.95. The molecule has 3 rings (SSSR count). The zero-order valence-corrected chi connectivity index (χ0v) is 13.4. The minimum Gasteiger partial charge on any atom is -0.496 e. The highest BCUT2D eigenvalue weighted by atomic mass is 16.5. The molecule has 22 heavy (non-hydrogen) atoms. The maximum Gasteiger partial charge on any atom is 0.303 e. The summed E-state index contributed by atoms with van der Waals surface area (Å²) in [4.78, 5) is 11.3. The van der Waals surface area contributed by atoms with Gasteiger partial charge in [0, 0.05) is 5.92 Å². The number of aliphatic carboxylic acids is 1. The van der Waals surface area contributed by atoms with Crippen LogP contribution >= 0.6 is 0 Å². The third kappa shape index (κ3) is 3.45. The largest absolute Gasteiger partial charge is 0.496 e. The zero-order valence-electron chi connectivity index (χ0n) is 13.4. The van der Waals surface area contributed by atoms with E-state index in [1.165, 1.54) is 37.7 Å². The van der Waals surface area contributed by atoms with Crippen molar-refractivity contribution in [3.63, 3.8) is 0 Å². The SMILES string of the molecule is COc1ccc(C2CCCCC2)cc1C(CC(=O)O)C1CC1. The summed E-state index contributed by atoms with van der Waals surface area (Å²) in [5, 5.41) is 9.26. The van der Waals surface area contributed by atoms with Crippen molar-refractivity contribution in [2.24, 2.45) is 5.92 Å². The third-order valence-corrected chi connectivity index (χ3v) is 5.32. The van der Waals surface area contributed by atoms with Gasteiger partial charge < -0.3 is 9.84 Å². The van der Waals surface area contributed by atoms with E-state index in [9.17, 15) is 9.90 Å². The molecule has 0 saturated heterocycles. The van der Waals surface area contributed by atoms with Crippen LogP contribution in [0.2, 0.25) is 0 Å². The number of hydrogen-bond acceptors (Lipinski definition) is 2. The van der Waals surface area contributed by atoms with Gasteiger partial charge in [0.05, 0.1) is 13.5 Å². The van der Waals surface area contributed by atoms with Gasteiger partial charge in [-0.25, -0.2) is 0 Å². The number of benzene rings is 1. The van der Waals surface area contributed by atoms with Crippen molar-refractivity contribution in [3.8, 4) is 5.75 Å². The van der Waals surface area contributed by atoms with Gasteiger partial charge in [-0.3, -0.25) is 4.79 Å². The van der Waals surface area contributed by atoms with E-state index in [-0.39, 0.29) is 12.3 Å². The molecule has 1 atom stereocenters. The van der Waals surface area contributed by atoms with Crippen LogP contribution in [-0.2, 0) is 4.79 Å². The van der Waals surface area contributed by atoms with Crippen LogP contribution in [0.15, 0.2) is 18.2 Å².